The van der Waals surface area contributed by atoms with Crippen LogP contribution in [0.15, 0.2) is 94.6 Å². The van der Waals surface area contributed by atoms with Crippen LogP contribution in [0.5, 0.6) is 0 Å². The van der Waals surface area contributed by atoms with Crippen LogP contribution >= 0.6 is 0 Å². The van der Waals surface area contributed by atoms with E-state index in [1.54, 1.807) is 6.07 Å². The molecule has 0 N–H and O–H groups in total. The molecule has 0 saturated carbocycles. The van der Waals surface area contributed by atoms with Gasteiger partial charge in [-0.3, -0.25) is 4.99 Å². The predicted molar refractivity (Wildman–Crippen MR) is 165 cm³/mol. The molecule has 4 heteroatoms. The van der Waals surface area contributed by atoms with E-state index in [9.17, 15) is 0 Å². The summed E-state index contributed by atoms with van der Waals surface area (Å²) in [5.74, 6) is 1.26. The Morgan fingerprint density at radius 1 is 0.951 bits per heavy atom. The van der Waals surface area contributed by atoms with Crippen molar-refractivity contribution < 1.29 is 9.13 Å². The number of para-hydroxylation sites is 1. The number of benzene rings is 4. The maximum Gasteiger partial charge on any atom is 0.147 e. The van der Waals surface area contributed by atoms with E-state index in [2.05, 4.69) is 55.5 Å². The molecular formula is C37H31FN2O. The molecule has 2 heterocycles. The molecule has 0 radical (unpaired) electrons. The molecule has 202 valence electrons. The highest BCUT2D eigenvalue weighted by molar-refractivity contribution is 6.35. The Labute approximate surface area is 239 Å². The Hall–Kier alpha value is -4.31. The third kappa shape index (κ3) is 4.00. The van der Waals surface area contributed by atoms with Crippen LogP contribution in [0.3, 0.4) is 0 Å². The number of fused-ring (bicyclic) bond motifs is 8. The molecular weight excluding hydrogens is 507 g/mol. The Bertz CT molecular complexity index is 1830. The van der Waals surface area contributed by atoms with Crippen LogP contribution in [0.1, 0.15) is 59.1 Å². The number of nitrogens with zero attached hydrogens (tertiary/aromatic N) is 2. The highest BCUT2D eigenvalue weighted by Crippen LogP contribution is 2.47. The van der Waals surface area contributed by atoms with Gasteiger partial charge in [0.1, 0.15) is 18.2 Å². The lowest BCUT2D eigenvalue weighted by Crippen LogP contribution is -2.32. The minimum Gasteiger partial charge on any atom is -0.487 e. The summed E-state index contributed by atoms with van der Waals surface area (Å²) in [5.41, 5.74) is 9.73. The summed E-state index contributed by atoms with van der Waals surface area (Å²) in [4.78, 5) is 10.3. The van der Waals surface area contributed by atoms with E-state index in [1.165, 1.54) is 16.5 Å². The zero-order chi connectivity index (χ0) is 27.5. The molecule has 4 aromatic rings. The second-order valence-electron chi connectivity index (χ2n) is 11.8. The fourth-order valence-electron chi connectivity index (χ4n) is 7.26. The number of hydrogen-bond acceptors (Lipinski definition) is 3. The first-order valence-electron chi connectivity index (χ1n) is 14.7. The molecule has 2 aliphatic carbocycles. The van der Waals surface area contributed by atoms with Crippen molar-refractivity contribution in [3.63, 3.8) is 0 Å². The second kappa shape index (κ2) is 9.66. The van der Waals surface area contributed by atoms with E-state index >= 15 is 4.39 Å². The molecule has 0 saturated heterocycles. The molecule has 0 bridgehead atoms. The molecule has 41 heavy (non-hydrogen) atoms. The van der Waals surface area contributed by atoms with E-state index < -0.39 is 0 Å². The minimum absolute atomic E-state index is 0.108. The summed E-state index contributed by atoms with van der Waals surface area (Å²) < 4.78 is 21.8. The second-order valence-corrected chi connectivity index (χ2v) is 11.8. The van der Waals surface area contributed by atoms with Crippen molar-refractivity contribution >= 4 is 40.0 Å². The van der Waals surface area contributed by atoms with Gasteiger partial charge in [-0.25, -0.2) is 9.38 Å². The highest BCUT2D eigenvalue weighted by atomic mass is 19.1. The smallest absolute Gasteiger partial charge is 0.147 e. The number of dihydropyridines is 1. The highest BCUT2D eigenvalue weighted by Gasteiger charge is 2.39. The molecule has 3 unspecified atom stereocenters. The monoisotopic (exact) mass is 538 g/mol. The van der Waals surface area contributed by atoms with Crippen LogP contribution in [0.2, 0.25) is 0 Å². The summed E-state index contributed by atoms with van der Waals surface area (Å²) in [7, 11) is 0. The van der Waals surface area contributed by atoms with E-state index in [4.69, 9.17) is 14.7 Å². The first-order chi connectivity index (χ1) is 20.2. The molecule has 8 rings (SSSR count). The van der Waals surface area contributed by atoms with Crippen LogP contribution < -0.4 is 0 Å². The van der Waals surface area contributed by atoms with Crippen LogP contribution in [0.4, 0.5) is 10.1 Å². The van der Waals surface area contributed by atoms with Gasteiger partial charge in [-0.2, -0.15) is 0 Å². The van der Waals surface area contributed by atoms with Crippen LogP contribution in [0, 0.1) is 11.7 Å². The van der Waals surface area contributed by atoms with Gasteiger partial charge in [0.05, 0.1) is 29.2 Å². The van der Waals surface area contributed by atoms with Crippen molar-refractivity contribution in [2.75, 3.05) is 0 Å². The molecule has 4 aromatic carbocycles. The fraction of sp³-hybridized carbons (Fsp3) is 0.243. The Balaban J connectivity index is 1.20. The first kappa shape index (κ1) is 24.5. The molecule has 0 spiro atoms. The summed E-state index contributed by atoms with van der Waals surface area (Å²) >= 11 is 0. The van der Waals surface area contributed by atoms with Crippen molar-refractivity contribution in [1.29, 1.82) is 0 Å². The lowest BCUT2D eigenvalue weighted by Gasteiger charge is -2.33. The Morgan fingerprint density at radius 3 is 2.71 bits per heavy atom. The van der Waals surface area contributed by atoms with Crippen molar-refractivity contribution in [2.24, 2.45) is 15.9 Å². The van der Waals surface area contributed by atoms with Gasteiger partial charge in [-0.05, 0) is 76.8 Å². The number of hydrogen-bond donors (Lipinski definition) is 0. The fourth-order valence-corrected chi connectivity index (χ4v) is 7.26. The van der Waals surface area contributed by atoms with Crippen LogP contribution in [0.25, 0.3) is 22.4 Å². The largest absolute Gasteiger partial charge is 0.487 e. The van der Waals surface area contributed by atoms with Crippen molar-refractivity contribution in [3.05, 3.63) is 124 Å². The minimum atomic E-state index is -0.108. The molecule has 0 amide bonds. The van der Waals surface area contributed by atoms with Gasteiger partial charge >= 0.3 is 0 Å². The van der Waals surface area contributed by atoms with Crippen LogP contribution in [-0.4, -0.2) is 18.0 Å². The molecule has 2 aliphatic heterocycles. The summed E-state index contributed by atoms with van der Waals surface area (Å²) in [6.45, 7) is 2.68. The number of aryl methyl sites for hydroxylation is 1. The number of allylic oxidation sites excluding steroid dienone is 2. The summed E-state index contributed by atoms with van der Waals surface area (Å²) in [5, 5.41) is 2.27. The van der Waals surface area contributed by atoms with Gasteiger partial charge in [0, 0.05) is 17.0 Å². The van der Waals surface area contributed by atoms with Gasteiger partial charge in [-0.1, -0.05) is 79.7 Å². The van der Waals surface area contributed by atoms with Crippen molar-refractivity contribution in [3.8, 4) is 0 Å². The standard InChI is InChI=1S/C37H31FN2O/c1-22-14-15-27-30(18-22)26-17-16-25-24(31(26)19-32(27)38)11-7-12-28(25)36-37-35(29-10-5-6-13-33(29)40-37)34(20-39-36)41-21-23-8-3-2-4-9-23/h2-6,8-10,13-17,19-20,22,28,36H,7,11-12,18,21H2,1H3. The molecule has 4 aliphatic rings. The molecule has 3 nitrogen and oxygen atoms in total. The zero-order valence-electron chi connectivity index (χ0n) is 23.1. The number of rotatable bonds is 4. The zero-order valence-corrected chi connectivity index (χ0v) is 23.1. The third-order valence-corrected chi connectivity index (χ3v) is 9.20. The summed E-state index contributed by atoms with van der Waals surface area (Å²) in [6.07, 6.45) is 9.93. The number of ether oxygens (including phenoxy) is 1. The normalized spacial score (nSPS) is 22.2. The van der Waals surface area contributed by atoms with E-state index in [0.717, 1.165) is 76.1 Å². The van der Waals surface area contributed by atoms with Crippen molar-refractivity contribution in [2.45, 2.75) is 51.2 Å². The number of halogens is 1. The molecule has 0 aromatic heterocycles. The average Bonchev–Trinajstić information content (AvgIpc) is 3.40. The predicted octanol–water partition coefficient (Wildman–Crippen LogP) is 8.77. The quantitative estimate of drug-likeness (QED) is 0.256. The van der Waals surface area contributed by atoms with Gasteiger partial charge in [-0.15, -0.1) is 0 Å². The molecule has 3 atom stereocenters. The van der Waals surface area contributed by atoms with E-state index in [1.807, 2.05) is 36.6 Å². The van der Waals surface area contributed by atoms with Gasteiger partial charge in [0.2, 0.25) is 0 Å². The SMILES string of the molecule is CC1C=Cc2c(F)cc3c4c(ccc3c2C1)C(C1N=CC(OCc2ccccc2)=C2C1=Nc1ccccc12)CCC4. The maximum atomic E-state index is 15.4. The van der Waals surface area contributed by atoms with Gasteiger partial charge < -0.3 is 4.74 Å². The Kier molecular flexibility index (Phi) is 5.77. The maximum absolute atomic E-state index is 15.4. The van der Waals surface area contributed by atoms with E-state index in [0.29, 0.717) is 12.5 Å². The van der Waals surface area contributed by atoms with Gasteiger partial charge in [0.25, 0.3) is 0 Å². The Morgan fingerprint density at radius 2 is 1.80 bits per heavy atom. The topological polar surface area (TPSA) is 34.0 Å². The third-order valence-electron chi connectivity index (χ3n) is 9.20. The van der Waals surface area contributed by atoms with Crippen LogP contribution in [-0.2, 0) is 24.2 Å². The average molecular weight is 539 g/mol. The van der Waals surface area contributed by atoms with Crippen molar-refractivity contribution in [1.82, 2.24) is 0 Å². The lowest BCUT2D eigenvalue weighted by molar-refractivity contribution is 0.221. The summed E-state index contributed by atoms with van der Waals surface area (Å²) in [6, 6.07) is 24.7. The lowest BCUT2D eigenvalue weighted by atomic mass is 9.73. The first-order valence-corrected chi connectivity index (χ1v) is 14.7. The van der Waals surface area contributed by atoms with Gasteiger partial charge in [0.15, 0.2) is 0 Å². The molecule has 0 fully saturated rings. The van der Waals surface area contributed by atoms with E-state index in [-0.39, 0.29) is 17.8 Å². The number of aliphatic imine (C=N–C) groups is 2.